The Labute approximate surface area is 174 Å². The van der Waals surface area contributed by atoms with Crippen LogP contribution in [0.4, 0.5) is 4.39 Å². The molecule has 0 aliphatic heterocycles. The van der Waals surface area contributed by atoms with Crippen LogP contribution in [-0.4, -0.2) is 29.2 Å². The molecule has 1 aromatic carbocycles. The molecule has 2 heterocycles. The van der Waals surface area contributed by atoms with Gasteiger partial charge in [-0.3, -0.25) is 9.59 Å². The Morgan fingerprint density at radius 3 is 2.90 bits per heavy atom. The van der Waals surface area contributed by atoms with E-state index in [1.807, 2.05) is 13.0 Å². The van der Waals surface area contributed by atoms with Gasteiger partial charge in [0.2, 0.25) is 0 Å². The number of nitrogens with one attached hydrogen (secondary N) is 2. The minimum absolute atomic E-state index is 0.158. The van der Waals surface area contributed by atoms with E-state index >= 15 is 0 Å². The second kappa shape index (κ2) is 8.07. The summed E-state index contributed by atoms with van der Waals surface area (Å²) in [6.45, 7) is 4.41. The van der Waals surface area contributed by atoms with Crippen LogP contribution in [0.15, 0.2) is 29.1 Å². The fourth-order valence-corrected chi connectivity index (χ4v) is 4.47. The summed E-state index contributed by atoms with van der Waals surface area (Å²) in [4.78, 5) is 29.5. The number of benzene rings is 1. The Kier molecular flexibility index (Phi) is 5.47. The molecule has 158 valence electrons. The van der Waals surface area contributed by atoms with Crippen LogP contribution in [0.1, 0.15) is 51.8 Å². The van der Waals surface area contributed by atoms with Crippen molar-refractivity contribution in [1.29, 1.82) is 0 Å². The third kappa shape index (κ3) is 3.54. The Morgan fingerprint density at radius 2 is 2.13 bits per heavy atom. The number of carbonyl (C=O) groups is 1. The zero-order valence-corrected chi connectivity index (χ0v) is 17.5. The molecule has 1 aliphatic carbocycles. The van der Waals surface area contributed by atoms with Gasteiger partial charge in [0.25, 0.3) is 11.5 Å². The molecule has 4 rings (SSSR count). The van der Waals surface area contributed by atoms with Crippen molar-refractivity contribution in [2.24, 2.45) is 0 Å². The Bertz CT molecular complexity index is 1180. The van der Waals surface area contributed by atoms with Crippen LogP contribution in [0.2, 0.25) is 0 Å². The molecule has 0 saturated carbocycles. The molecule has 0 spiro atoms. The SMILES string of the molecule is COCCn1c(C)cc(C)c(C(=O)N[C@@H]2CCCc3c2[nH]c2ccc(F)cc32)c1=O. The number of H-pyrrole nitrogens is 1. The number of nitrogens with zero attached hydrogens (tertiary/aromatic N) is 1. The number of aryl methyl sites for hydroxylation is 3. The van der Waals surface area contributed by atoms with Gasteiger partial charge in [-0.2, -0.15) is 0 Å². The number of ether oxygens (including phenoxy) is 1. The zero-order chi connectivity index (χ0) is 21.4. The maximum absolute atomic E-state index is 13.7. The van der Waals surface area contributed by atoms with E-state index in [4.69, 9.17) is 4.74 Å². The lowest BCUT2D eigenvalue weighted by Crippen LogP contribution is -2.38. The lowest BCUT2D eigenvalue weighted by atomic mass is 9.91. The second-order valence-corrected chi connectivity index (χ2v) is 7.92. The van der Waals surface area contributed by atoms with E-state index in [0.29, 0.717) is 18.7 Å². The number of halogens is 1. The first kappa shape index (κ1) is 20.3. The van der Waals surface area contributed by atoms with Gasteiger partial charge in [-0.25, -0.2) is 4.39 Å². The molecule has 30 heavy (non-hydrogen) atoms. The van der Waals surface area contributed by atoms with Crippen LogP contribution in [0, 0.1) is 19.7 Å². The molecule has 0 radical (unpaired) electrons. The Balaban J connectivity index is 1.68. The summed E-state index contributed by atoms with van der Waals surface area (Å²) in [5.74, 6) is -0.659. The number of hydrogen-bond donors (Lipinski definition) is 2. The van der Waals surface area contributed by atoms with Gasteiger partial charge in [0.15, 0.2) is 0 Å². The molecule has 2 N–H and O–H groups in total. The van der Waals surface area contributed by atoms with E-state index in [1.54, 1.807) is 24.7 Å². The molecule has 0 bridgehead atoms. The third-order valence-corrected chi connectivity index (χ3v) is 5.93. The third-order valence-electron chi connectivity index (χ3n) is 5.93. The largest absolute Gasteiger partial charge is 0.383 e. The van der Waals surface area contributed by atoms with Crippen LogP contribution in [-0.2, 0) is 17.7 Å². The molecular formula is C23H26FN3O3. The van der Waals surface area contributed by atoms with Crippen LogP contribution < -0.4 is 10.9 Å². The van der Waals surface area contributed by atoms with Crippen LogP contribution in [0.25, 0.3) is 10.9 Å². The van der Waals surface area contributed by atoms with Gasteiger partial charge in [-0.15, -0.1) is 0 Å². The summed E-state index contributed by atoms with van der Waals surface area (Å²) in [6.07, 6.45) is 2.47. The van der Waals surface area contributed by atoms with Crippen molar-refractivity contribution in [2.45, 2.75) is 45.7 Å². The highest BCUT2D eigenvalue weighted by Gasteiger charge is 2.27. The van der Waals surface area contributed by atoms with E-state index in [1.165, 1.54) is 12.1 Å². The summed E-state index contributed by atoms with van der Waals surface area (Å²) in [5, 5.41) is 3.90. The quantitative estimate of drug-likeness (QED) is 0.674. The maximum Gasteiger partial charge on any atom is 0.263 e. The Hall–Kier alpha value is -2.93. The first-order valence-corrected chi connectivity index (χ1v) is 10.2. The maximum atomic E-state index is 13.7. The molecule has 0 fully saturated rings. The van der Waals surface area contributed by atoms with E-state index in [-0.39, 0.29) is 28.9 Å². The molecule has 7 heteroatoms. The average molecular weight is 411 g/mol. The van der Waals surface area contributed by atoms with Gasteiger partial charge >= 0.3 is 0 Å². The van der Waals surface area contributed by atoms with Crippen molar-refractivity contribution in [3.8, 4) is 0 Å². The summed E-state index contributed by atoms with van der Waals surface area (Å²) in [5.41, 5.74) is 4.10. The standard InChI is InChI=1S/C23H26FN3O3/c1-13-11-14(2)27(9-10-30-3)23(29)20(13)22(28)26-19-6-4-5-16-17-12-15(24)7-8-18(17)25-21(16)19/h7-8,11-12,19,25H,4-6,9-10H2,1-3H3,(H,26,28)/t19-/m1/s1. The molecular weight excluding hydrogens is 385 g/mol. The van der Waals surface area contributed by atoms with Crippen LogP contribution >= 0.6 is 0 Å². The normalized spacial score (nSPS) is 15.9. The number of carbonyl (C=O) groups excluding carboxylic acids is 1. The first-order valence-electron chi connectivity index (χ1n) is 10.2. The van der Waals surface area contributed by atoms with Crippen molar-refractivity contribution in [1.82, 2.24) is 14.9 Å². The summed E-state index contributed by atoms with van der Waals surface area (Å²) in [7, 11) is 1.58. The van der Waals surface area contributed by atoms with Crippen molar-refractivity contribution >= 4 is 16.8 Å². The molecule has 2 aromatic heterocycles. The first-order chi connectivity index (χ1) is 14.4. The van der Waals surface area contributed by atoms with Gasteiger partial charge in [0.1, 0.15) is 11.4 Å². The van der Waals surface area contributed by atoms with Gasteiger partial charge < -0.3 is 19.6 Å². The molecule has 1 amide bonds. The van der Waals surface area contributed by atoms with Gasteiger partial charge in [-0.05, 0) is 68.5 Å². The fraction of sp³-hybridized carbons (Fsp3) is 0.391. The van der Waals surface area contributed by atoms with Crippen molar-refractivity contribution in [3.63, 3.8) is 0 Å². The van der Waals surface area contributed by atoms with E-state index in [9.17, 15) is 14.0 Å². The number of amides is 1. The number of hydrogen-bond acceptors (Lipinski definition) is 3. The monoisotopic (exact) mass is 411 g/mol. The average Bonchev–Trinajstić information content (AvgIpc) is 3.06. The summed E-state index contributed by atoms with van der Waals surface area (Å²) >= 11 is 0. The highest BCUT2D eigenvalue weighted by atomic mass is 19.1. The predicted octanol–water partition coefficient (Wildman–Crippen LogP) is 3.54. The highest BCUT2D eigenvalue weighted by molar-refractivity contribution is 5.96. The van der Waals surface area contributed by atoms with Gasteiger partial charge in [0.05, 0.1) is 12.6 Å². The second-order valence-electron chi connectivity index (χ2n) is 7.92. The number of aromatic nitrogens is 2. The van der Waals surface area contributed by atoms with Gasteiger partial charge in [-0.1, -0.05) is 0 Å². The topological polar surface area (TPSA) is 76.1 Å². The lowest BCUT2D eigenvalue weighted by Gasteiger charge is -2.24. The van der Waals surface area contributed by atoms with Gasteiger partial charge in [0, 0.05) is 35.9 Å². The summed E-state index contributed by atoms with van der Waals surface area (Å²) in [6, 6.07) is 6.29. The summed E-state index contributed by atoms with van der Waals surface area (Å²) < 4.78 is 20.4. The lowest BCUT2D eigenvalue weighted by molar-refractivity contribution is 0.0928. The molecule has 3 aromatic rings. The van der Waals surface area contributed by atoms with Crippen molar-refractivity contribution in [3.05, 3.63) is 68.5 Å². The predicted molar refractivity (Wildman–Crippen MR) is 113 cm³/mol. The zero-order valence-electron chi connectivity index (χ0n) is 17.5. The van der Waals surface area contributed by atoms with Crippen LogP contribution in [0.5, 0.6) is 0 Å². The molecule has 0 unspecified atom stereocenters. The number of pyridine rings is 1. The molecule has 1 atom stereocenters. The van der Waals surface area contributed by atoms with E-state index in [2.05, 4.69) is 10.3 Å². The number of aromatic amines is 1. The minimum atomic E-state index is -0.383. The fourth-order valence-electron chi connectivity index (χ4n) is 4.47. The smallest absolute Gasteiger partial charge is 0.263 e. The van der Waals surface area contributed by atoms with E-state index < -0.39 is 0 Å². The Morgan fingerprint density at radius 1 is 1.33 bits per heavy atom. The van der Waals surface area contributed by atoms with Crippen molar-refractivity contribution < 1.29 is 13.9 Å². The number of methoxy groups -OCH3 is 1. The number of fused-ring (bicyclic) bond motifs is 3. The van der Waals surface area contributed by atoms with E-state index in [0.717, 1.165) is 47.1 Å². The molecule has 6 nitrogen and oxygen atoms in total. The minimum Gasteiger partial charge on any atom is -0.383 e. The van der Waals surface area contributed by atoms with Crippen LogP contribution in [0.3, 0.4) is 0 Å². The highest BCUT2D eigenvalue weighted by Crippen LogP contribution is 2.35. The number of rotatable bonds is 5. The molecule has 1 aliphatic rings. The molecule has 0 saturated heterocycles. The van der Waals surface area contributed by atoms with Crippen molar-refractivity contribution in [2.75, 3.05) is 13.7 Å².